The Balaban J connectivity index is 2.15. The number of aromatic amines is 1. The van der Waals surface area contributed by atoms with E-state index in [9.17, 15) is 15.0 Å². The lowest BCUT2D eigenvalue weighted by Crippen LogP contribution is -2.36. The van der Waals surface area contributed by atoms with Gasteiger partial charge < -0.3 is 25.3 Å². The van der Waals surface area contributed by atoms with Crippen molar-refractivity contribution in [3.05, 3.63) is 22.6 Å². The molecule has 2 aromatic rings. The highest BCUT2D eigenvalue weighted by Gasteiger charge is 2.54. The number of hydrogen-bond donors (Lipinski definition) is 4. The molecule has 0 aromatic carbocycles. The highest BCUT2D eigenvalue weighted by Crippen LogP contribution is 2.49. The van der Waals surface area contributed by atoms with E-state index >= 15 is 0 Å². The van der Waals surface area contributed by atoms with Crippen molar-refractivity contribution in [1.82, 2.24) is 14.5 Å². The number of nitrogens with one attached hydrogen (secondary N) is 1. The van der Waals surface area contributed by atoms with Crippen molar-refractivity contribution in [1.29, 1.82) is 0 Å². The summed E-state index contributed by atoms with van der Waals surface area (Å²) in [5.41, 5.74) is 5.54. The number of aromatic nitrogens is 3. The number of nitrogen functional groups attached to an aromatic ring is 1. The predicted octanol–water partition coefficient (Wildman–Crippen LogP) is 0.0435. The molecule has 1 aliphatic heterocycles. The highest BCUT2D eigenvalue weighted by molar-refractivity contribution is 9.25. The number of aliphatic hydroxyl groups is 2. The molecule has 10 heteroatoms. The number of fused-ring (bicyclic) bond motifs is 1. The fraction of sp³-hybridized carbons (Fsp3) is 0.455. The first-order chi connectivity index (χ1) is 9.86. The Bertz CT molecular complexity index is 743. The minimum atomic E-state index is -1.03. The molecule has 0 bridgehead atoms. The van der Waals surface area contributed by atoms with E-state index in [0.717, 1.165) is 0 Å². The van der Waals surface area contributed by atoms with Gasteiger partial charge in [0.25, 0.3) is 5.56 Å². The number of nitrogens with two attached hydrogens (primary N) is 1. The topological polar surface area (TPSA) is 126 Å². The molecular formula is C11H12Br2N4O4. The van der Waals surface area contributed by atoms with E-state index < -0.39 is 21.7 Å². The summed E-state index contributed by atoms with van der Waals surface area (Å²) in [5, 5.41) is 19.8. The van der Waals surface area contributed by atoms with Crippen molar-refractivity contribution in [3.8, 4) is 0 Å². The first kappa shape index (κ1) is 15.0. The summed E-state index contributed by atoms with van der Waals surface area (Å²) in [4.78, 5) is 18.3. The number of ether oxygens (including phenoxy) is 1. The van der Waals surface area contributed by atoms with Crippen molar-refractivity contribution >= 4 is 48.8 Å². The zero-order chi connectivity index (χ0) is 15.4. The van der Waals surface area contributed by atoms with Gasteiger partial charge in [0.1, 0.15) is 12.2 Å². The van der Waals surface area contributed by atoms with Gasteiger partial charge in [0.15, 0.2) is 15.1 Å². The number of aliphatic hydroxyl groups excluding tert-OH is 2. The second-order valence-corrected chi connectivity index (χ2v) is 8.43. The van der Waals surface area contributed by atoms with Crippen LogP contribution in [0, 0.1) is 0 Å². The van der Waals surface area contributed by atoms with Gasteiger partial charge in [0.05, 0.1) is 12.0 Å². The second kappa shape index (κ2) is 5.06. The summed E-state index contributed by atoms with van der Waals surface area (Å²) in [6, 6.07) is 1.58. The zero-order valence-corrected chi connectivity index (χ0v) is 13.7. The monoisotopic (exact) mass is 422 g/mol. The van der Waals surface area contributed by atoms with E-state index in [1.54, 1.807) is 16.8 Å². The lowest BCUT2D eigenvalue weighted by molar-refractivity contribution is -0.0430. The Morgan fingerprint density at radius 2 is 2.29 bits per heavy atom. The highest BCUT2D eigenvalue weighted by atomic mass is 79.9. The molecule has 21 heavy (non-hydrogen) atoms. The summed E-state index contributed by atoms with van der Waals surface area (Å²) >= 11 is 6.73. The van der Waals surface area contributed by atoms with Crippen LogP contribution in [0.2, 0.25) is 0 Å². The van der Waals surface area contributed by atoms with Gasteiger partial charge in [-0.15, -0.1) is 0 Å². The maximum Gasteiger partial charge on any atom is 0.261 e. The third-order valence-electron chi connectivity index (χ3n) is 3.41. The van der Waals surface area contributed by atoms with E-state index in [1.165, 1.54) is 0 Å². The van der Waals surface area contributed by atoms with Gasteiger partial charge in [-0.1, -0.05) is 31.9 Å². The average molecular weight is 424 g/mol. The summed E-state index contributed by atoms with van der Waals surface area (Å²) in [6.45, 7) is -0.341. The fourth-order valence-electron chi connectivity index (χ4n) is 2.37. The summed E-state index contributed by atoms with van der Waals surface area (Å²) < 4.78 is 6.19. The van der Waals surface area contributed by atoms with Gasteiger partial charge in [0.2, 0.25) is 5.95 Å². The number of hydrogen-bond acceptors (Lipinski definition) is 6. The lowest BCUT2D eigenvalue weighted by Gasteiger charge is -2.25. The molecule has 5 N–H and O–H groups in total. The maximum absolute atomic E-state index is 11.8. The minimum Gasteiger partial charge on any atom is -0.394 e. The van der Waals surface area contributed by atoms with Gasteiger partial charge in [-0.05, 0) is 6.07 Å². The minimum absolute atomic E-state index is 0.0144. The van der Waals surface area contributed by atoms with E-state index in [0.29, 0.717) is 11.0 Å². The molecule has 3 atom stereocenters. The van der Waals surface area contributed by atoms with Gasteiger partial charge >= 0.3 is 0 Å². The summed E-state index contributed by atoms with van der Waals surface area (Å²) in [7, 11) is 0. The molecule has 114 valence electrons. The Hall–Kier alpha value is -0.940. The van der Waals surface area contributed by atoms with Crippen LogP contribution in [0.15, 0.2) is 17.1 Å². The summed E-state index contributed by atoms with van der Waals surface area (Å²) in [6.07, 6.45) is -0.883. The second-order valence-electron chi connectivity index (χ2n) is 4.74. The van der Waals surface area contributed by atoms with Crippen LogP contribution in [0.3, 0.4) is 0 Å². The van der Waals surface area contributed by atoms with Crippen LogP contribution in [0.4, 0.5) is 5.95 Å². The molecule has 3 rings (SSSR count). The Morgan fingerprint density at radius 1 is 1.57 bits per heavy atom. The molecule has 0 amide bonds. The number of H-pyrrole nitrogens is 1. The van der Waals surface area contributed by atoms with Gasteiger partial charge in [-0.2, -0.15) is 4.98 Å². The smallest absolute Gasteiger partial charge is 0.261 e. The Kier molecular flexibility index (Phi) is 3.61. The molecule has 0 radical (unpaired) electrons. The molecule has 0 aliphatic carbocycles. The quantitative estimate of drug-likeness (QED) is 0.505. The molecule has 1 saturated heterocycles. The number of alkyl halides is 2. The number of rotatable bonds is 2. The number of anilines is 1. The molecule has 8 nitrogen and oxygen atoms in total. The van der Waals surface area contributed by atoms with Crippen molar-refractivity contribution < 1.29 is 14.9 Å². The first-order valence-corrected chi connectivity index (χ1v) is 7.63. The predicted molar refractivity (Wildman–Crippen MR) is 82.4 cm³/mol. The van der Waals surface area contributed by atoms with Crippen LogP contribution in [-0.4, -0.2) is 46.8 Å². The Labute approximate surface area is 135 Å². The first-order valence-electron chi connectivity index (χ1n) is 6.04. The molecule has 1 aliphatic rings. The molecule has 0 saturated carbocycles. The molecular weight excluding hydrogens is 412 g/mol. The average Bonchev–Trinajstić information content (AvgIpc) is 2.91. The fourth-order valence-corrected chi connectivity index (χ4v) is 3.61. The maximum atomic E-state index is 11.8. The van der Waals surface area contributed by atoms with Crippen molar-refractivity contribution in [2.75, 3.05) is 12.3 Å². The van der Waals surface area contributed by atoms with Crippen LogP contribution >= 0.6 is 31.9 Å². The largest absolute Gasteiger partial charge is 0.394 e. The van der Waals surface area contributed by atoms with Crippen molar-refractivity contribution in [2.45, 2.75) is 21.7 Å². The van der Waals surface area contributed by atoms with Gasteiger partial charge in [-0.3, -0.25) is 9.78 Å². The van der Waals surface area contributed by atoms with Crippen LogP contribution < -0.4 is 11.3 Å². The standard InChI is InChI=1S/C11H12Br2N4O4/c12-11(13)6(19)5(3-18)21-9(11)17-2-1-4-7(17)15-10(14)16-8(4)20/h1-2,5-6,9,18-19H,3H2,(H3,14,15,16,20)/t5-,6?,9-/m1/s1. The normalized spacial score (nSPS) is 28.3. The molecule has 2 aromatic heterocycles. The molecule has 0 spiro atoms. The number of halogens is 2. The van der Waals surface area contributed by atoms with Gasteiger partial charge in [-0.25, -0.2) is 0 Å². The van der Waals surface area contributed by atoms with Crippen LogP contribution in [0.1, 0.15) is 6.23 Å². The van der Waals surface area contributed by atoms with E-state index in [2.05, 4.69) is 41.8 Å². The summed E-state index contributed by atoms with van der Waals surface area (Å²) in [5.74, 6) is -0.0144. The molecule has 3 heterocycles. The third-order valence-corrected chi connectivity index (χ3v) is 5.13. The molecule has 1 fully saturated rings. The SMILES string of the molecule is Nc1nc2c(ccn2[C@@H]2O[C@H](CO)C(O)C2(Br)Br)c(=O)[nH]1. The van der Waals surface area contributed by atoms with E-state index in [1.807, 2.05) is 0 Å². The van der Waals surface area contributed by atoms with Crippen molar-refractivity contribution in [2.24, 2.45) is 0 Å². The van der Waals surface area contributed by atoms with Crippen molar-refractivity contribution in [3.63, 3.8) is 0 Å². The number of nitrogens with zero attached hydrogens (tertiary/aromatic N) is 2. The van der Waals surface area contributed by atoms with Crippen LogP contribution in [0.5, 0.6) is 0 Å². The third kappa shape index (κ3) is 2.21. The van der Waals surface area contributed by atoms with E-state index in [4.69, 9.17) is 10.5 Å². The van der Waals surface area contributed by atoms with E-state index in [-0.39, 0.29) is 18.1 Å². The Morgan fingerprint density at radius 3 is 2.90 bits per heavy atom. The van der Waals surface area contributed by atoms with Gasteiger partial charge in [0, 0.05) is 6.20 Å². The van der Waals surface area contributed by atoms with Crippen LogP contribution in [-0.2, 0) is 4.74 Å². The molecule has 1 unspecified atom stereocenters. The zero-order valence-electron chi connectivity index (χ0n) is 10.5. The van der Waals surface area contributed by atoms with Crippen LogP contribution in [0.25, 0.3) is 11.0 Å². The lowest BCUT2D eigenvalue weighted by atomic mass is 10.2.